The molecule has 0 atom stereocenters. The third kappa shape index (κ3) is 2.70. The molecule has 0 bridgehead atoms. The summed E-state index contributed by atoms with van der Waals surface area (Å²) in [5.41, 5.74) is 0.873. The zero-order valence-corrected chi connectivity index (χ0v) is 9.72. The van der Waals surface area contributed by atoms with E-state index in [9.17, 15) is 0 Å². The van der Waals surface area contributed by atoms with Gasteiger partial charge in [0.2, 0.25) is 5.95 Å². The van der Waals surface area contributed by atoms with E-state index in [2.05, 4.69) is 34.4 Å². The van der Waals surface area contributed by atoms with E-state index in [0.717, 1.165) is 25.2 Å². The summed E-state index contributed by atoms with van der Waals surface area (Å²) in [6, 6.07) is 5.84. The molecule has 0 saturated heterocycles. The van der Waals surface area contributed by atoms with Crippen molar-refractivity contribution in [1.29, 1.82) is 0 Å². The van der Waals surface area contributed by atoms with Crippen molar-refractivity contribution >= 4 is 11.6 Å². The second-order valence-corrected chi connectivity index (χ2v) is 4.02. The molecule has 5 nitrogen and oxygen atoms in total. The standard InChI is InChI=1S/C11H17N5/c1-15(2)8-5-7-12-11-13-10-6-3-4-9-16(10)14-11/h3-4,6,9H,5,7-8H2,1-2H3,(H,12,14). The van der Waals surface area contributed by atoms with Gasteiger partial charge in [0.25, 0.3) is 0 Å². The fourth-order valence-corrected chi connectivity index (χ4v) is 1.50. The van der Waals surface area contributed by atoms with Crippen LogP contribution in [0, 0.1) is 0 Å². The first-order valence-electron chi connectivity index (χ1n) is 5.46. The Morgan fingerprint density at radius 2 is 2.25 bits per heavy atom. The fraction of sp³-hybridized carbons (Fsp3) is 0.455. The summed E-state index contributed by atoms with van der Waals surface area (Å²) in [4.78, 5) is 6.52. The van der Waals surface area contributed by atoms with Crippen molar-refractivity contribution in [3.8, 4) is 0 Å². The van der Waals surface area contributed by atoms with Crippen LogP contribution in [-0.2, 0) is 0 Å². The molecule has 0 spiro atoms. The molecular weight excluding hydrogens is 202 g/mol. The van der Waals surface area contributed by atoms with Crippen LogP contribution in [0.4, 0.5) is 5.95 Å². The highest BCUT2D eigenvalue weighted by molar-refractivity contribution is 5.42. The lowest BCUT2D eigenvalue weighted by atomic mass is 10.4. The highest BCUT2D eigenvalue weighted by Crippen LogP contribution is 2.03. The number of pyridine rings is 1. The highest BCUT2D eigenvalue weighted by atomic mass is 15.3. The minimum absolute atomic E-state index is 0.699. The molecule has 0 aliphatic carbocycles. The average Bonchev–Trinajstić information content (AvgIpc) is 2.66. The van der Waals surface area contributed by atoms with Crippen LogP contribution in [-0.4, -0.2) is 46.7 Å². The fourth-order valence-electron chi connectivity index (χ4n) is 1.50. The molecule has 0 radical (unpaired) electrons. The Bertz CT molecular complexity index is 415. The van der Waals surface area contributed by atoms with Gasteiger partial charge < -0.3 is 10.2 Å². The van der Waals surface area contributed by atoms with E-state index in [0.29, 0.717) is 5.95 Å². The summed E-state index contributed by atoms with van der Waals surface area (Å²) in [6.45, 7) is 1.97. The number of anilines is 1. The van der Waals surface area contributed by atoms with Crippen LogP contribution in [0.1, 0.15) is 6.42 Å². The minimum atomic E-state index is 0.699. The summed E-state index contributed by atoms with van der Waals surface area (Å²) < 4.78 is 1.77. The SMILES string of the molecule is CN(C)CCCNc1nc2ccccn2n1. The number of nitrogens with one attached hydrogen (secondary N) is 1. The van der Waals surface area contributed by atoms with Crippen LogP contribution in [0.15, 0.2) is 24.4 Å². The molecule has 86 valence electrons. The molecule has 2 aromatic rings. The molecule has 1 N–H and O–H groups in total. The van der Waals surface area contributed by atoms with Gasteiger partial charge in [-0.2, -0.15) is 4.98 Å². The number of hydrogen-bond donors (Lipinski definition) is 1. The lowest BCUT2D eigenvalue weighted by Crippen LogP contribution is -2.16. The predicted molar refractivity (Wildman–Crippen MR) is 64.6 cm³/mol. The largest absolute Gasteiger partial charge is 0.353 e. The van der Waals surface area contributed by atoms with Gasteiger partial charge in [-0.15, -0.1) is 5.10 Å². The first kappa shape index (κ1) is 10.9. The number of nitrogens with zero attached hydrogens (tertiary/aromatic N) is 4. The van der Waals surface area contributed by atoms with E-state index in [4.69, 9.17) is 0 Å². The van der Waals surface area contributed by atoms with Crippen LogP contribution in [0.5, 0.6) is 0 Å². The molecule has 0 aromatic carbocycles. The van der Waals surface area contributed by atoms with Crippen LogP contribution in [0.3, 0.4) is 0 Å². The first-order valence-corrected chi connectivity index (χ1v) is 5.46. The molecule has 2 rings (SSSR count). The Balaban J connectivity index is 1.89. The summed E-state index contributed by atoms with van der Waals surface area (Å²) in [6.07, 6.45) is 2.98. The number of fused-ring (bicyclic) bond motifs is 1. The summed E-state index contributed by atoms with van der Waals surface area (Å²) in [5.74, 6) is 0.699. The Kier molecular flexibility index (Phi) is 3.36. The minimum Gasteiger partial charge on any atom is -0.353 e. The van der Waals surface area contributed by atoms with Crippen LogP contribution in [0.2, 0.25) is 0 Å². The molecule has 2 heterocycles. The van der Waals surface area contributed by atoms with Crippen LogP contribution >= 0.6 is 0 Å². The molecule has 0 fully saturated rings. The summed E-state index contributed by atoms with van der Waals surface area (Å²) in [5, 5.41) is 7.53. The maximum absolute atomic E-state index is 4.36. The topological polar surface area (TPSA) is 45.5 Å². The van der Waals surface area contributed by atoms with Crippen LogP contribution in [0.25, 0.3) is 5.65 Å². The van der Waals surface area contributed by atoms with Gasteiger partial charge in [0, 0.05) is 12.7 Å². The quantitative estimate of drug-likeness (QED) is 0.765. The van der Waals surface area contributed by atoms with Crippen molar-refractivity contribution in [3.05, 3.63) is 24.4 Å². The Hall–Kier alpha value is -1.62. The Morgan fingerprint density at radius 3 is 3.00 bits per heavy atom. The van der Waals surface area contributed by atoms with Gasteiger partial charge in [-0.25, -0.2) is 4.52 Å². The third-order valence-electron chi connectivity index (χ3n) is 2.31. The first-order chi connectivity index (χ1) is 7.75. The second kappa shape index (κ2) is 4.94. The molecular formula is C11H17N5. The lowest BCUT2D eigenvalue weighted by molar-refractivity contribution is 0.405. The van der Waals surface area contributed by atoms with Gasteiger partial charge in [0.15, 0.2) is 5.65 Å². The molecule has 5 heteroatoms. The molecule has 0 unspecified atom stereocenters. The maximum Gasteiger partial charge on any atom is 0.243 e. The van der Waals surface area contributed by atoms with E-state index in [1.54, 1.807) is 4.52 Å². The highest BCUT2D eigenvalue weighted by Gasteiger charge is 2.00. The van der Waals surface area contributed by atoms with Crippen molar-refractivity contribution < 1.29 is 0 Å². The lowest BCUT2D eigenvalue weighted by Gasteiger charge is -2.08. The molecule has 0 aliphatic heterocycles. The maximum atomic E-state index is 4.36. The zero-order valence-electron chi connectivity index (χ0n) is 9.72. The second-order valence-electron chi connectivity index (χ2n) is 4.02. The monoisotopic (exact) mass is 219 g/mol. The third-order valence-corrected chi connectivity index (χ3v) is 2.31. The molecule has 0 amide bonds. The van der Waals surface area contributed by atoms with Crippen molar-refractivity contribution in [3.63, 3.8) is 0 Å². The van der Waals surface area contributed by atoms with E-state index >= 15 is 0 Å². The van der Waals surface area contributed by atoms with Gasteiger partial charge in [0.05, 0.1) is 0 Å². The Labute approximate surface area is 95.1 Å². The smallest absolute Gasteiger partial charge is 0.243 e. The molecule has 16 heavy (non-hydrogen) atoms. The normalized spacial score (nSPS) is 11.2. The van der Waals surface area contributed by atoms with Gasteiger partial charge in [-0.1, -0.05) is 6.07 Å². The summed E-state index contributed by atoms with van der Waals surface area (Å²) in [7, 11) is 4.15. The van der Waals surface area contributed by atoms with Crippen LogP contribution < -0.4 is 5.32 Å². The molecule has 0 saturated carbocycles. The number of rotatable bonds is 5. The van der Waals surface area contributed by atoms with Gasteiger partial charge >= 0.3 is 0 Å². The molecule has 0 aliphatic rings. The average molecular weight is 219 g/mol. The van der Waals surface area contributed by atoms with Gasteiger partial charge in [-0.3, -0.25) is 0 Å². The Morgan fingerprint density at radius 1 is 1.38 bits per heavy atom. The summed E-state index contributed by atoms with van der Waals surface area (Å²) >= 11 is 0. The van der Waals surface area contributed by atoms with Gasteiger partial charge in [0.1, 0.15) is 0 Å². The van der Waals surface area contributed by atoms with Crippen molar-refractivity contribution in [1.82, 2.24) is 19.5 Å². The molecule has 2 aromatic heterocycles. The number of aromatic nitrogens is 3. The number of hydrogen-bond acceptors (Lipinski definition) is 4. The predicted octanol–water partition coefficient (Wildman–Crippen LogP) is 1.09. The van der Waals surface area contributed by atoms with E-state index in [-0.39, 0.29) is 0 Å². The van der Waals surface area contributed by atoms with Crippen molar-refractivity contribution in [2.75, 3.05) is 32.5 Å². The van der Waals surface area contributed by atoms with Gasteiger partial charge in [-0.05, 0) is 39.2 Å². The van der Waals surface area contributed by atoms with Crippen molar-refractivity contribution in [2.24, 2.45) is 0 Å². The zero-order chi connectivity index (χ0) is 11.4. The van der Waals surface area contributed by atoms with E-state index < -0.39 is 0 Å². The van der Waals surface area contributed by atoms with E-state index in [1.165, 1.54) is 0 Å². The van der Waals surface area contributed by atoms with Crippen molar-refractivity contribution in [2.45, 2.75) is 6.42 Å². The van der Waals surface area contributed by atoms with E-state index in [1.807, 2.05) is 24.4 Å².